The highest BCUT2D eigenvalue weighted by Crippen LogP contribution is 2.32. The summed E-state index contributed by atoms with van der Waals surface area (Å²) >= 11 is 0. The van der Waals surface area contributed by atoms with Crippen LogP contribution in [0.25, 0.3) is 11.4 Å². The molecule has 0 aliphatic carbocycles. The number of hydrogen-bond acceptors (Lipinski definition) is 7. The van der Waals surface area contributed by atoms with Crippen molar-refractivity contribution in [3.05, 3.63) is 65.4 Å². The van der Waals surface area contributed by atoms with E-state index in [4.69, 9.17) is 19.4 Å². The van der Waals surface area contributed by atoms with Crippen molar-refractivity contribution in [3.63, 3.8) is 0 Å². The minimum absolute atomic E-state index is 0.0162. The third kappa shape index (κ3) is 7.53. The number of ether oxygens (including phenoxy) is 2. The Balaban J connectivity index is 1.35. The molecule has 1 saturated heterocycles. The average Bonchev–Trinajstić information content (AvgIpc) is 2.96. The predicted octanol–water partition coefficient (Wildman–Crippen LogP) is 5.94. The molecule has 0 spiro atoms. The van der Waals surface area contributed by atoms with Gasteiger partial charge in [-0.2, -0.15) is 13.2 Å². The van der Waals surface area contributed by atoms with E-state index in [0.717, 1.165) is 29.2 Å². The van der Waals surface area contributed by atoms with Crippen LogP contribution in [0.3, 0.4) is 0 Å². The number of nitrogens with one attached hydrogen (secondary N) is 2. The summed E-state index contributed by atoms with van der Waals surface area (Å²) in [5, 5.41) is 5.05. The Labute approximate surface area is 247 Å². The summed E-state index contributed by atoms with van der Waals surface area (Å²) in [5.74, 6) is 1.28. The van der Waals surface area contributed by atoms with Gasteiger partial charge in [0.2, 0.25) is 0 Å². The summed E-state index contributed by atoms with van der Waals surface area (Å²) in [6.07, 6.45) is -4.32. The zero-order valence-electron chi connectivity index (χ0n) is 24.1. The van der Waals surface area contributed by atoms with Crippen molar-refractivity contribution in [2.75, 3.05) is 48.4 Å². The first kappa shape index (κ1) is 30.1. The maximum atomic E-state index is 13.0. The van der Waals surface area contributed by atoms with Crippen molar-refractivity contribution in [3.8, 4) is 11.4 Å². The number of anilines is 3. The first-order valence-corrected chi connectivity index (χ1v) is 13.9. The summed E-state index contributed by atoms with van der Waals surface area (Å²) < 4.78 is 50.1. The molecule has 1 fully saturated rings. The Hall–Kier alpha value is -4.39. The van der Waals surface area contributed by atoms with E-state index in [1.807, 2.05) is 20.8 Å². The van der Waals surface area contributed by atoms with Gasteiger partial charge in [-0.15, -0.1) is 0 Å². The van der Waals surface area contributed by atoms with Gasteiger partial charge in [-0.3, -0.25) is 0 Å². The monoisotopic (exact) mass is 598 g/mol. The van der Waals surface area contributed by atoms with Crippen LogP contribution in [0.4, 0.5) is 40.0 Å². The van der Waals surface area contributed by atoms with E-state index in [2.05, 4.69) is 15.5 Å². The molecular formula is C30H33F3N6O4. The molecule has 13 heteroatoms. The van der Waals surface area contributed by atoms with E-state index in [0.29, 0.717) is 56.3 Å². The van der Waals surface area contributed by atoms with Gasteiger partial charge >= 0.3 is 18.3 Å². The van der Waals surface area contributed by atoms with Crippen LogP contribution >= 0.6 is 0 Å². The van der Waals surface area contributed by atoms with Crippen LogP contribution in [0.15, 0.2) is 48.5 Å². The molecule has 228 valence electrons. The number of rotatable bonds is 4. The fourth-order valence-corrected chi connectivity index (χ4v) is 4.83. The highest BCUT2D eigenvalue weighted by molar-refractivity contribution is 5.99. The fraction of sp³-hybridized carbons (Fsp3) is 0.400. The van der Waals surface area contributed by atoms with Gasteiger partial charge in [-0.1, -0.05) is 6.07 Å². The summed E-state index contributed by atoms with van der Waals surface area (Å²) in [4.78, 5) is 38.8. The summed E-state index contributed by atoms with van der Waals surface area (Å²) in [5.41, 5.74) is 1.40. The lowest BCUT2D eigenvalue weighted by atomic mass is 10.0. The molecule has 43 heavy (non-hydrogen) atoms. The number of urea groups is 1. The van der Waals surface area contributed by atoms with E-state index in [-0.39, 0.29) is 12.2 Å². The SMILES string of the molecule is CC(C)(C)OC(=O)N1CCc2c(nc(-c3ccc(NC(=O)Nc4cccc(C(F)(F)F)c4)cc3)nc2N2CCOCC2)C1. The van der Waals surface area contributed by atoms with Gasteiger partial charge in [-0.25, -0.2) is 19.6 Å². The molecule has 5 rings (SSSR count). The van der Waals surface area contributed by atoms with E-state index in [1.54, 1.807) is 29.2 Å². The molecule has 0 radical (unpaired) electrons. The molecule has 1 aromatic heterocycles. The predicted molar refractivity (Wildman–Crippen MR) is 155 cm³/mol. The van der Waals surface area contributed by atoms with Gasteiger partial charge in [-0.05, 0) is 69.7 Å². The number of carbonyl (C=O) groups excluding carboxylic acids is 2. The van der Waals surface area contributed by atoms with Crippen molar-refractivity contribution in [1.29, 1.82) is 0 Å². The third-order valence-electron chi connectivity index (χ3n) is 6.85. The summed E-state index contributed by atoms with van der Waals surface area (Å²) in [7, 11) is 0. The molecule has 0 unspecified atom stereocenters. The highest BCUT2D eigenvalue weighted by atomic mass is 19.4. The molecule has 2 aliphatic heterocycles. The molecular weight excluding hydrogens is 565 g/mol. The number of alkyl halides is 3. The van der Waals surface area contributed by atoms with Crippen LogP contribution in [0, 0.1) is 0 Å². The molecule has 10 nitrogen and oxygen atoms in total. The van der Waals surface area contributed by atoms with Gasteiger partial charge < -0.3 is 29.9 Å². The van der Waals surface area contributed by atoms with Crippen LogP contribution < -0.4 is 15.5 Å². The zero-order chi connectivity index (χ0) is 30.8. The quantitative estimate of drug-likeness (QED) is 0.383. The molecule has 3 heterocycles. The smallest absolute Gasteiger partial charge is 0.416 e. The van der Waals surface area contributed by atoms with E-state index in [9.17, 15) is 22.8 Å². The number of carbonyl (C=O) groups is 2. The second-order valence-corrected chi connectivity index (χ2v) is 11.3. The fourth-order valence-electron chi connectivity index (χ4n) is 4.83. The minimum Gasteiger partial charge on any atom is -0.444 e. The molecule has 0 atom stereocenters. The minimum atomic E-state index is -4.52. The van der Waals surface area contributed by atoms with Crippen molar-refractivity contribution >= 4 is 29.3 Å². The number of morpholine rings is 1. The van der Waals surface area contributed by atoms with Gasteiger partial charge in [0.1, 0.15) is 11.4 Å². The molecule has 2 aromatic carbocycles. The van der Waals surface area contributed by atoms with Crippen LogP contribution in [0.1, 0.15) is 37.6 Å². The largest absolute Gasteiger partial charge is 0.444 e. The second-order valence-electron chi connectivity index (χ2n) is 11.3. The van der Waals surface area contributed by atoms with Crippen molar-refractivity contribution in [2.24, 2.45) is 0 Å². The number of fused-ring (bicyclic) bond motifs is 1. The molecule has 2 N–H and O–H groups in total. The molecule has 3 amide bonds. The Bertz CT molecular complexity index is 1480. The van der Waals surface area contributed by atoms with E-state index < -0.39 is 29.5 Å². The highest BCUT2D eigenvalue weighted by Gasteiger charge is 2.31. The average molecular weight is 599 g/mol. The molecule has 3 aromatic rings. The second kappa shape index (κ2) is 12.1. The van der Waals surface area contributed by atoms with Gasteiger partial charge in [0, 0.05) is 42.1 Å². The van der Waals surface area contributed by atoms with E-state index >= 15 is 0 Å². The number of aromatic nitrogens is 2. The van der Waals surface area contributed by atoms with Crippen LogP contribution in [0.5, 0.6) is 0 Å². The standard InChI is InChI=1S/C30H33F3N6O4/c1-29(2,3)43-28(41)39-12-11-23-24(18-39)36-25(37-26(23)38-13-15-42-16-14-38)19-7-9-21(10-8-19)34-27(40)35-22-6-4-5-20(17-22)30(31,32)33/h4-10,17H,11-16,18H2,1-3H3,(H2,34,35,40). The molecule has 0 saturated carbocycles. The normalized spacial score (nSPS) is 15.5. The summed E-state index contributed by atoms with van der Waals surface area (Å²) in [6, 6.07) is 10.5. The zero-order valence-corrected chi connectivity index (χ0v) is 24.1. The Morgan fingerprint density at radius 3 is 2.30 bits per heavy atom. The first-order valence-electron chi connectivity index (χ1n) is 13.9. The maximum absolute atomic E-state index is 13.0. The topological polar surface area (TPSA) is 109 Å². The summed E-state index contributed by atoms with van der Waals surface area (Å²) in [6.45, 7) is 8.79. The molecule has 0 bridgehead atoms. The number of benzene rings is 2. The van der Waals surface area contributed by atoms with Crippen LogP contribution in [-0.4, -0.2) is 65.4 Å². The lowest BCUT2D eigenvalue weighted by Gasteiger charge is -2.34. The first-order chi connectivity index (χ1) is 20.4. The lowest BCUT2D eigenvalue weighted by Crippen LogP contribution is -2.42. The number of amides is 3. The van der Waals surface area contributed by atoms with E-state index in [1.165, 1.54) is 12.1 Å². The van der Waals surface area contributed by atoms with Crippen molar-refractivity contribution < 1.29 is 32.2 Å². The van der Waals surface area contributed by atoms with Gasteiger partial charge in [0.25, 0.3) is 0 Å². The number of nitrogens with zero attached hydrogens (tertiary/aromatic N) is 4. The van der Waals surface area contributed by atoms with Crippen molar-refractivity contribution in [2.45, 2.75) is 45.5 Å². The maximum Gasteiger partial charge on any atom is 0.416 e. The lowest BCUT2D eigenvalue weighted by molar-refractivity contribution is -0.137. The van der Waals surface area contributed by atoms with Gasteiger partial charge in [0.15, 0.2) is 5.82 Å². The Morgan fingerprint density at radius 1 is 0.930 bits per heavy atom. The number of halogens is 3. The van der Waals surface area contributed by atoms with Gasteiger partial charge in [0.05, 0.1) is 31.0 Å². The van der Waals surface area contributed by atoms with Crippen molar-refractivity contribution in [1.82, 2.24) is 14.9 Å². The molecule has 2 aliphatic rings. The Morgan fingerprint density at radius 2 is 1.63 bits per heavy atom. The third-order valence-corrected chi connectivity index (χ3v) is 6.85. The van der Waals surface area contributed by atoms with Crippen LogP contribution in [0.2, 0.25) is 0 Å². The van der Waals surface area contributed by atoms with Crippen LogP contribution in [-0.2, 0) is 28.6 Å². The number of hydrogen-bond donors (Lipinski definition) is 2. The Kier molecular flexibility index (Phi) is 8.45.